The van der Waals surface area contributed by atoms with Crippen molar-refractivity contribution in [3.63, 3.8) is 0 Å². The molecule has 1 aromatic carbocycles. The second-order valence-corrected chi connectivity index (χ2v) is 5.59. The maximum Gasteiger partial charge on any atom is 0.224 e. The molecule has 0 radical (unpaired) electrons. The first-order valence-electron chi connectivity index (χ1n) is 7.47. The molecule has 108 valence electrons. The maximum atomic E-state index is 12.1. The number of hydrogen-bond acceptors (Lipinski definition) is 3. The summed E-state index contributed by atoms with van der Waals surface area (Å²) < 4.78 is 0. The average molecular weight is 281 g/mol. The molecule has 1 aliphatic carbocycles. The van der Waals surface area contributed by atoms with Gasteiger partial charge in [-0.2, -0.15) is 10.5 Å². The summed E-state index contributed by atoms with van der Waals surface area (Å²) in [5.41, 5.74) is 1.22. The van der Waals surface area contributed by atoms with Gasteiger partial charge in [0, 0.05) is 12.1 Å². The number of amides is 1. The minimum absolute atomic E-state index is 0.00417. The first-order chi connectivity index (χ1) is 10.2. The SMILES string of the molecule is N#Cc1ccc(NC(=O)CC2CCCCCC2)cc1C#N. The van der Waals surface area contributed by atoms with Gasteiger partial charge in [-0.1, -0.05) is 25.7 Å². The lowest BCUT2D eigenvalue weighted by atomic mass is 9.96. The quantitative estimate of drug-likeness (QED) is 0.857. The number of nitrogens with one attached hydrogen (secondary N) is 1. The van der Waals surface area contributed by atoms with Crippen molar-refractivity contribution in [3.8, 4) is 12.1 Å². The maximum absolute atomic E-state index is 12.1. The van der Waals surface area contributed by atoms with Crippen molar-refractivity contribution >= 4 is 11.6 Å². The number of carbonyl (C=O) groups excluding carboxylic acids is 1. The first-order valence-corrected chi connectivity index (χ1v) is 7.47. The highest BCUT2D eigenvalue weighted by molar-refractivity contribution is 5.91. The van der Waals surface area contributed by atoms with Gasteiger partial charge in [0.1, 0.15) is 12.1 Å². The molecule has 0 unspecified atom stereocenters. The molecule has 0 spiro atoms. The van der Waals surface area contributed by atoms with Crippen LogP contribution in [0.4, 0.5) is 5.69 Å². The third-order valence-electron chi connectivity index (χ3n) is 3.99. The normalized spacial score (nSPS) is 15.5. The van der Waals surface area contributed by atoms with E-state index in [0.29, 0.717) is 29.2 Å². The molecular formula is C17H19N3O. The lowest BCUT2D eigenvalue weighted by Crippen LogP contribution is -2.16. The van der Waals surface area contributed by atoms with Crippen molar-refractivity contribution in [3.05, 3.63) is 29.3 Å². The Labute approximate surface area is 125 Å². The van der Waals surface area contributed by atoms with Gasteiger partial charge in [0.2, 0.25) is 5.91 Å². The third kappa shape index (κ3) is 4.33. The Morgan fingerprint density at radius 1 is 1.10 bits per heavy atom. The summed E-state index contributed by atoms with van der Waals surface area (Å²) in [6, 6.07) is 8.74. The van der Waals surface area contributed by atoms with E-state index >= 15 is 0 Å². The highest BCUT2D eigenvalue weighted by Crippen LogP contribution is 2.26. The smallest absolute Gasteiger partial charge is 0.224 e. The van der Waals surface area contributed by atoms with E-state index in [0.717, 1.165) is 12.8 Å². The van der Waals surface area contributed by atoms with Gasteiger partial charge in [-0.05, 0) is 37.0 Å². The molecule has 1 N–H and O–H groups in total. The van der Waals surface area contributed by atoms with Crippen LogP contribution in [0.5, 0.6) is 0 Å². The second-order valence-electron chi connectivity index (χ2n) is 5.59. The highest BCUT2D eigenvalue weighted by Gasteiger charge is 2.16. The van der Waals surface area contributed by atoms with E-state index in [1.165, 1.54) is 25.7 Å². The Kier molecular flexibility index (Phi) is 5.35. The van der Waals surface area contributed by atoms with Crippen LogP contribution in [0, 0.1) is 28.6 Å². The van der Waals surface area contributed by atoms with Crippen molar-refractivity contribution in [1.29, 1.82) is 10.5 Å². The molecule has 4 nitrogen and oxygen atoms in total. The van der Waals surface area contributed by atoms with Crippen LogP contribution in [0.1, 0.15) is 56.1 Å². The van der Waals surface area contributed by atoms with E-state index in [-0.39, 0.29) is 5.91 Å². The summed E-state index contributed by atoms with van der Waals surface area (Å²) >= 11 is 0. The summed E-state index contributed by atoms with van der Waals surface area (Å²) in [5.74, 6) is 0.469. The summed E-state index contributed by atoms with van der Waals surface area (Å²) in [7, 11) is 0. The van der Waals surface area contributed by atoms with Crippen LogP contribution < -0.4 is 5.32 Å². The van der Waals surface area contributed by atoms with Gasteiger partial charge in [-0.3, -0.25) is 4.79 Å². The van der Waals surface area contributed by atoms with Crippen molar-refractivity contribution in [2.24, 2.45) is 5.92 Å². The predicted octanol–water partition coefficient (Wildman–Crippen LogP) is 3.73. The zero-order valence-corrected chi connectivity index (χ0v) is 12.1. The second kappa shape index (κ2) is 7.45. The molecule has 1 aromatic rings. The van der Waals surface area contributed by atoms with Crippen molar-refractivity contribution in [1.82, 2.24) is 0 Å². The van der Waals surface area contributed by atoms with Gasteiger partial charge in [0.25, 0.3) is 0 Å². The molecule has 21 heavy (non-hydrogen) atoms. The Balaban J connectivity index is 1.96. The molecule has 4 heteroatoms. The fraction of sp³-hybridized carbons (Fsp3) is 0.471. The fourth-order valence-corrected chi connectivity index (χ4v) is 2.85. The van der Waals surface area contributed by atoms with Gasteiger partial charge in [-0.25, -0.2) is 0 Å². The molecule has 0 atom stereocenters. The molecule has 1 amide bonds. The predicted molar refractivity (Wildman–Crippen MR) is 80.3 cm³/mol. The summed E-state index contributed by atoms with van der Waals surface area (Å²) in [5, 5.41) is 20.7. The zero-order valence-electron chi connectivity index (χ0n) is 12.1. The number of anilines is 1. The lowest BCUT2D eigenvalue weighted by Gasteiger charge is -2.13. The number of benzene rings is 1. The van der Waals surface area contributed by atoms with E-state index in [4.69, 9.17) is 10.5 Å². The summed E-state index contributed by atoms with van der Waals surface area (Å²) in [6.45, 7) is 0. The minimum Gasteiger partial charge on any atom is -0.326 e. The average Bonchev–Trinajstić information content (AvgIpc) is 2.75. The van der Waals surface area contributed by atoms with E-state index < -0.39 is 0 Å². The Morgan fingerprint density at radius 2 is 1.76 bits per heavy atom. The van der Waals surface area contributed by atoms with Gasteiger partial charge in [0.05, 0.1) is 11.1 Å². The van der Waals surface area contributed by atoms with Crippen LogP contribution >= 0.6 is 0 Å². The van der Waals surface area contributed by atoms with Gasteiger partial charge in [-0.15, -0.1) is 0 Å². The van der Waals surface area contributed by atoms with Crippen LogP contribution in [-0.2, 0) is 4.79 Å². The highest BCUT2D eigenvalue weighted by atomic mass is 16.1. The molecule has 0 aliphatic heterocycles. The number of rotatable bonds is 3. The lowest BCUT2D eigenvalue weighted by molar-refractivity contribution is -0.117. The van der Waals surface area contributed by atoms with Crippen molar-refractivity contribution in [2.45, 2.75) is 44.9 Å². The topological polar surface area (TPSA) is 76.7 Å². The van der Waals surface area contributed by atoms with Gasteiger partial charge < -0.3 is 5.32 Å². The molecule has 1 fully saturated rings. The Hall–Kier alpha value is -2.33. The summed E-state index contributed by atoms with van der Waals surface area (Å²) in [4.78, 5) is 12.1. The van der Waals surface area contributed by atoms with Gasteiger partial charge in [0.15, 0.2) is 0 Å². The van der Waals surface area contributed by atoms with Crippen molar-refractivity contribution < 1.29 is 4.79 Å². The minimum atomic E-state index is -0.00417. The number of nitrogens with zero attached hydrogens (tertiary/aromatic N) is 2. The molecule has 0 saturated heterocycles. The van der Waals surface area contributed by atoms with Crippen molar-refractivity contribution in [2.75, 3.05) is 5.32 Å². The summed E-state index contributed by atoms with van der Waals surface area (Å²) in [6.07, 6.45) is 7.79. The molecule has 0 aromatic heterocycles. The monoisotopic (exact) mass is 281 g/mol. The van der Waals surface area contributed by atoms with E-state index in [1.54, 1.807) is 18.2 Å². The molecule has 2 rings (SSSR count). The number of hydrogen-bond donors (Lipinski definition) is 1. The standard InChI is InChI=1S/C17H19N3O/c18-11-14-7-8-16(10-15(14)12-19)20-17(21)9-13-5-3-1-2-4-6-13/h7-8,10,13H,1-6,9H2,(H,20,21). The molecule has 0 bridgehead atoms. The largest absolute Gasteiger partial charge is 0.326 e. The van der Waals surface area contributed by atoms with E-state index in [2.05, 4.69) is 5.32 Å². The number of nitriles is 2. The van der Waals surface area contributed by atoms with E-state index in [9.17, 15) is 4.79 Å². The van der Waals surface area contributed by atoms with E-state index in [1.807, 2.05) is 12.1 Å². The molecule has 1 saturated carbocycles. The Morgan fingerprint density at radius 3 is 2.38 bits per heavy atom. The van der Waals surface area contributed by atoms with Crippen LogP contribution in [0.15, 0.2) is 18.2 Å². The molecular weight excluding hydrogens is 262 g/mol. The molecule has 1 aliphatic rings. The fourth-order valence-electron chi connectivity index (χ4n) is 2.85. The van der Waals surface area contributed by atoms with Crippen LogP contribution in [-0.4, -0.2) is 5.91 Å². The van der Waals surface area contributed by atoms with Crippen LogP contribution in [0.3, 0.4) is 0 Å². The zero-order chi connectivity index (χ0) is 15.1. The van der Waals surface area contributed by atoms with Crippen LogP contribution in [0.25, 0.3) is 0 Å². The number of carbonyl (C=O) groups is 1. The molecule has 0 heterocycles. The third-order valence-corrected chi connectivity index (χ3v) is 3.99. The van der Waals surface area contributed by atoms with Gasteiger partial charge >= 0.3 is 0 Å². The van der Waals surface area contributed by atoms with Crippen LogP contribution in [0.2, 0.25) is 0 Å². The Bertz CT molecular complexity index is 587. The first kappa shape index (κ1) is 15.1.